The molecule has 0 aliphatic rings. The molecule has 0 aliphatic heterocycles. The molecule has 1 aromatic carbocycles. The SMILES string of the molecule is CC(C#N)c1c(F)cccc1Cl. The van der Waals surface area contributed by atoms with E-state index >= 15 is 0 Å². The molecule has 3 heteroatoms. The lowest BCUT2D eigenvalue weighted by atomic mass is 10.0. The Kier molecular flexibility index (Phi) is 2.67. The third kappa shape index (κ3) is 1.57. The summed E-state index contributed by atoms with van der Waals surface area (Å²) in [7, 11) is 0. The average molecular weight is 184 g/mol. The van der Waals surface area contributed by atoms with Crippen molar-refractivity contribution in [2.75, 3.05) is 0 Å². The molecule has 0 heterocycles. The molecule has 0 saturated heterocycles. The Bertz CT molecular complexity index is 310. The molecule has 1 nitrogen and oxygen atoms in total. The van der Waals surface area contributed by atoms with Gasteiger partial charge in [-0.15, -0.1) is 0 Å². The van der Waals surface area contributed by atoms with Gasteiger partial charge in [0.2, 0.25) is 0 Å². The molecular weight excluding hydrogens is 177 g/mol. The Morgan fingerprint density at radius 3 is 2.75 bits per heavy atom. The molecular formula is C9H7ClFN. The molecule has 0 saturated carbocycles. The highest BCUT2D eigenvalue weighted by Gasteiger charge is 2.13. The van der Waals surface area contributed by atoms with Gasteiger partial charge < -0.3 is 0 Å². The second-order valence-electron chi connectivity index (χ2n) is 2.49. The van der Waals surface area contributed by atoms with Crippen LogP contribution in [0.15, 0.2) is 18.2 Å². The molecule has 0 spiro atoms. The maximum absolute atomic E-state index is 13.1. The summed E-state index contributed by atoms with van der Waals surface area (Å²) in [5.41, 5.74) is 0.279. The van der Waals surface area contributed by atoms with Crippen LogP contribution in [0.3, 0.4) is 0 Å². The Hall–Kier alpha value is -1.07. The molecule has 1 atom stereocenters. The van der Waals surface area contributed by atoms with Crippen LogP contribution in [0.4, 0.5) is 4.39 Å². The lowest BCUT2D eigenvalue weighted by Gasteiger charge is -2.05. The number of hydrogen-bond acceptors (Lipinski definition) is 1. The van der Waals surface area contributed by atoms with Crippen molar-refractivity contribution >= 4 is 11.6 Å². The lowest BCUT2D eigenvalue weighted by Crippen LogP contribution is -1.95. The molecule has 0 fully saturated rings. The van der Waals surface area contributed by atoms with Gasteiger partial charge in [0.1, 0.15) is 5.82 Å². The Labute approximate surface area is 75.4 Å². The molecule has 0 aromatic heterocycles. The third-order valence-electron chi connectivity index (χ3n) is 1.63. The van der Waals surface area contributed by atoms with Crippen molar-refractivity contribution in [3.05, 3.63) is 34.6 Å². The second kappa shape index (κ2) is 3.55. The van der Waals surface area contributed by atoms with Crippen molar-refractivity contribution in [3.63, 3.8) is 0 Å². The van der Waals surface area contributed by atoms with E-state index in [0.29, 0.717) is 5.02 Å². The van der Waals surface area contributed by atoms with Crippen molar-refractivity contribution in [2.24, 2.45) is 0 Å². The van der Waals surface area contributed by atoms with Gasteiger partial charge in [0.25, 0.3) is 0 Å². The number of hydrogen-bond donors (Lipinski definition) is 0. The fourth-order valence-corrected chi connectivity index (χ4v) is 1.32. The van der Waals surface area contributed by atoms with E-state index in [1.54, 1.807) is 13.0 Å². The van der Waals surface area contributed by atoms with E-state index < -0.39 is 11.7 Å². The summed E-state index contributed by atoms with van der Waals surface area (Å²) in [4.78, 5) is 0. The van der Waals surface area contributed by atoms with Crippen LogP contribution in [0.2, 0.25) is 5.02 Å². The fourth-order valence-electron chi connectivity index (χ4n) is 0.989. The van der Waals surface area contributed by atoms with Gasteiger partial charge in [-0.2, -0.15) is 5.26 Å². The van der Waals surface area contributed by atoms with Crippen molar-refractivity contribution in [3.8, 4) is 6.07 Å². The predicted octanol–water partition coefficient (Wildman–Crippen LogP) is 3.11. The number of nitriles is 1. The molecule has 0 radical (unpaired) electrons. The lowest BCUT2D eigenvalue weighted by molar-refractivity contribution is 0.606. The minimum atomic E-state index is -0.501. The maximum atomic E-state index is 13.1. The molecule has 62 valence electrons. The van der Waals surface area contributed by atoms with Crippen LogP contribution in [0.1, 0.15) is 18.4 Å². The first-order valence-electron chi connectivity index (χ1n) is 3.50. The van der Waals surface area contributed by atoms with Crippen LogP contribution in [-0.4, -0.2) is 0 Å². The molecule has 0 bridgehead atoms. The fraction of sp³-hybridized carbons (Fsp3) is 0.222. The zero-order chi connectivity index (χ0) is 9.14. The summed E-state index contributed by atoms with van der Waals surface area (Å²) in [6.07, 6.45) is 0. The van der Waals surface area contributed by atoms with Gasteiger partial charge in [-0.3, -0.25) is 0 Å². The van der Waals surface area contributed by atoms with Crippen molar-refractivity contribution in [2.45, 2.75) is 12.8 Å². The Morgan fingerprint density at radius 2 is 2.25 bits per heavy atom. The zero-order valence-electron chi connectivity index (χ0n) is 6.51. The van der Waals surface area contributed by atoms with Crippen molar-refractivity contribution < 1.29 is 4.39 Å². The monoisotopic (exact) mass is 183 g/mol. The first kappa shape index (κ1) is 9.02. The minimum Gasteiger partial charge on any atom is -0.207 e. The topological polar surface area (TPSA) is 23.8 Å². The van der Waals surface area contributed by atoms with E-state index in [-0.39, 0.29) is 5.56 Å². The highest BCUT2D eigenvalue weighted by molar-refractivity contribution is 6.31. The van der Waals surface area contributed by atoms with Gasteiger partial charge in [-0.25, -0.2) is 4.39 Å². The van der Waals surface area contributed by atoms with Crippen LogP contribution in [-0.2, 0) is 0 Å². The Morgan fingerprint density at radius 1 is 1.58 bits per heavy atom. The smallest absolute Gasteiger partial charge is 0.129 e. The van der Waals surface area contributed by atoms with Gasteiger partial charge in [-0.1, -0.05) is 17.7 Å². The highest BCUT2D eigenvalue weighted by atomic mass is 35.5. The quantitative estimate of drug-likeness (QED) is 0.656. The predicted molar refractivity (Wildman–Crippen MR) is 45.4 cm³/mol. The normalized spacial score (nSPS) is 12.2. The Balaban J connectivity index is 3.23. The largest absolute Gasteiger partial charge is 0.207 e. The second-order valence-corrected chi connectivity index (χ2v) is 2.89. The zero-order valence-corrected chi connectivity index (χ0v) is 7.27. The summed E-state index contributed by atoms with van der Waals surface area (Å²) >= 11 is 5.71. The van der Waals surface area contributed by atoms with E-state index in [4.69, 9.17) is 16.9 Å². The van der Waals surface area contributed by atoms with Crippen molar-refractivity contribution in [1.29, 1.82) is 5.26 Å². The molecule has 12 heavy (non-hydrogen) atoms. The van der Waals surface area contributed by atoms with E-state index in [2.05, 4.69) is 0 Å². The van der Waals surface area contributed by atoms with Crippen molar-refractivity contribution in [1.82, 2.24) is 0 Å². The summed E-state index contributed by atoms with van der Waals surface area (Å²) in [5.74, 6) is -0.921. The van der Waals surface area contributed by atoms with Gasteiger partial charge in [0, 0.05) is 10.6 Å². The number of nitrogens with zero attached hydrogens (tertiary/aromatic N) is 1. The van der Waals surface area contributed by atoms with E-state index in [1.165, 1.54) is 12.1 Å². The highest BCUT2D eigenvalue weighted by Crippen LogP contribution is 2.26. The maximum Gasteiger partial charge on any atom is 0.129 e. The first-order valence-corrected chi connectivity index (χ1v) is 3.88. The first-order chi connectivity index (χ1) is 5.66. The molecule has 0 N–H and O–H groups in total. The number of benzene rings is 1. The number of rotatable bonds is 1. The summed E-state index contributed by atoms with van der Waals surface area (Å²) in [6, 6.07) is 6.34. The summed E-state index contributed by atoms with van der Waals surface area (Å²) in [5, 5.41) is 8.87. The van der Waals surface area contributed by atoms with Crippen LogP contribution < -0.4 is 0 Å². The van der Waals surface area contributed by atoms with Gasteiger partial charge in [-0.05, 0) is 19.1 Å². The van der Waals surface area contributed by atoms with Gasteiger partial charge in [0.05, 0.1) is 12.0 Å². The summed E-state index contributed by atoms with van der Waals surface area (Å²) < 4.78 is 13.1. The van der Waals surface area contributed by atoms with Gasteiger partial charge in [0.15, 0.2) is 0 Å². The molecule has 1 aromatic rings. The van der Waals surface area contributed by atoms with E-state index in [1.807, 2.05) is 6.07 Å². The summed E-state index contributed by atoms with van der Waals surface area (Å²) in [6.45, 7) is 1.62. The number of halogens is 2. The van der Waals surface area contributed by atoms with E-state index in [0.717, 1.165) is 0 Å². The van der Waals surface area contributed by atoms with Crippen LogP contribution in [0.25, 0.3) is 0 Å². The molecule has 0 aliphatic carbocycles. The third-order valence-corrected chi connectivity index (χ3v) is 1.96. The molecule has 1 rings (SSSR count). The van der Waals surface area contributed by atoms with Crippen LogP contribution in [0.5, 0.6) is 0 Å². The van der Waals surface area contributed by atoms with Crippen LogP contribution >= 0.6 is 11.6 Å². The van der Waals surface area contributed by atoms with Gasteiger partial charge >= 0.3 is 0 Å². The van der Waals surface area contributed by atoms with E-state index in [9.17, 15) is 4.39 Å². The molecule has 0 amide bonds. The standard InChI is InChI=1S/C9H7ClFN/c1-6(5-12)9-7(10)3-2-4-8(9)11/h2-4,6H,1H3. The minimum absolute atomic E-state index is 0.279. The van der Waals surface area contributed by atoms with Crippen LogP contribution in [0, 0.1) is 17.1 Å². The average Bonchev–Trinajstić information content (AvgIpc) is 2.03. The molecule has 1 unspecified atom stereocenters.